The molecule has 1 aliphatic rings. The van der Waals surface area contributed by atoms with Crippen LogP contribution < -0.4 is 11.1 Å². The van der Waals surface area contributed by atoms with Crippen LogP contribution in [0.1, 0.15) is 32.1 Å². The van der Waals surface area contributed by atoms with E-state index < -0.39 is 0 Å². The van der Waals surface area contributed by atoms with Gasteiger partial charge in [0.1, 0.15) is 0 Å². The standard InChI is InChI=1S/C13H22N4O/c14-12-4-2-11(3-5-12)13(18)16-6-1-8-17-9-7-15-10-17/h7,9-12H,1-6,8,14H2,(H,16,18). The summed E-state index contributed by atoms with van der Waals surface area (Å²) < 4.78 is 2.02. The lowest BCUT2D eigenvalue weighted by molar-refractivity contribution is -0.126. The van der Waals surface area contributed by atoms with Crippen LogP contribution in [-0.4, -0.2) is 28.0 Å². The van der Waals surface area contributed by atoms with Gasteiger partial charge in [0.2, 0.25) is 5.91 Å². The van der Waals surface area contributed by atoms with Crippen molar-refractivity contribution in [2.45, 2.75) is 44.7 Å². The third-order valence-electron chi connectivity index (χ3n) is 3.59. The lowest BCUT2D eigenvalue weighted by Crippen LogP contribution is -2.36. The fraction of sp³-hybridized carbons (Fsp3) is 0.692. The third-order valence-corrected chi connectivity index (χ3v) is 3.59. The van der Waals surface area contributed by atoms with Crippen LogP contribution in [-0.2, 0) is 11.3 Å². The molecular formula is C13H22N4O. The monoisotopic (exact) mass is 250 g/mol. The fourth-order valence-corrected chi connectivity index (χ4v) is 2.42. The zero-order valence-corrected chi connectivity index (χ0v) is 10.7. The number of aromatic nitrogens is 2. The molecule has 0 radical (unpaired) electrons. The Balaban J connectivity index is 1.60. The van der Waals surface area contributed by atoms with Gasteiger partial charge >= 0.3 is 0 Å². The number of carbonyl (C=O) groups excluding carboxylic acids is 1. The maximum absolute atomic E-state index is 11.9. The molecule has 0 aliphatic heterocycles. The van der Waals surface area contributed by atoms with Gasteiger partial charge in [-0.25, -0.2) is 4.98 Å². The first-order valence-electron chi connectivity index (χ1n) is 6.75. The number of hydrogen-bond acceptors (Lipinski definition) is 3. The van der Waals surface area contributed by atoms with Crippen molar-refractivity contribution in [3.63, 3.8) is 0 Å². The topological polar surface area (TPSA) is 72.9 Å². The molecule has 0 spiro atoms. The molecule has 1 amide bonds. The minimum absolute atomic E-state index is 0.179. The van der Waals surface area contributed by atoms with Crippen molar-refractivity contribution in [2.75, 3.05) is 6.54 Å². The van der Waals surface area contributed by atoms with E-state index in [0.717, 1.165) is 45.2 Å². The second-order valence-corrected chi connectivity index (χ2v) is 5.06. The molecule has 5 heteroatoms. The van der Waals surface area contributed by atoms with Gasteiger partial charge < -0.3 is 15.6 Å². The Bertz CT molecular complexity index is 355. The minimum Gasteiger partial charge on any atom is -0.356 e. The average molecular weight is 250 g/mol. The van der Waals surface area contributed by atoms with Crippen molar-refractivity contribution < 1.29 is 4.79 Å². The summed E-state index contributed by atoms with van der Waals surface area (Å²) in [4.78, 5) is 15.9. The van der Waals surface area contributed by atoms with Gasteiger partial charge in [0.15, 0.2) is 0 Å². The van der Waals surface area contributed by atoms with Gasteiger partial charge in [0.25, 0.3) is 0 Å². The predicted molar refractivity (Wildman–Crippen MR) is 69.8 cm³/mol. The molecule has 0 unspecified atom stereocenters. The molecular weight excluding hydrogens is 228 g/mol. The summed E-state index contributed by atoms with van der Waals surface area (Å²) in [5.74, 6) is 0.380. The van der Waals surface area contributed by atoms with Crippen molar-refractivity contribution in [1.29, 1.82) is 0 Å². The number of nitrogens with two attached hydrogens (primary N) is 1. The molecule has 2 rings (SSSR count). The van der Waals surface area contributed by atoms with E-state index >= 15 is 0 Å². The molecule has 3 N–H and O–H groups in total. The number of aryl methyl sites for hydroxylation is 1. The summed E-state index contributed by atoms with van der Waals surface area (Å²) in [5.41, 5.74) is 5.83. The van der Waals surface area contributed by atoms with Crippen molar-refractivity contribution in [3.8, 4) is 0 Å². The van der Waals surface area contributed by atoms with E-state index in [-0.39, 0.29) is 11.8 Å². The summed E-state index contributed by atoms with van der Waals surface area (Å²) in [6.45, 7) is 1.63. The number of nitrogens with zero attached hydrogens (tertiary/aromatic N) is 2. The second-order valence-electron chi connectivity index (χ2n) is 5.06. The van der Waals surface area contributed by atoms with Gasteiger partial charge in [-0.3, -0.25) is 4.79 Å². The summed E-state index contributed by atoms with van der Waals surface area (Å²) in [7, 11) is 0. The molecule has 1 saturated carbocycles. The molecule has 0 saturated heterocycles. The molecule has 0 aromatic carbocycles. The molecule has 1 fully saturated rings. The lowest BCUT2D eigenvalue weighted by atomic mass is 9.86. The first kappa shape index (κ1) is 13.1. The van der Waals surface area contributed by atoms with Crippen LogP contribution in [0, 0.1) is 5.92 Å². The lowest BCUT2D eigenvalue weighted by Gasteiger charge is -2.25. The van der Waals surface area contributed by atoms with E-state index in [9.17, 15) is 4.79 Å². The van der Waals surface area contributed by atoms with Crippen LogP contribution in [0.2, 0.25) is 0 Å². The fourth-order valence-electron chi connectivity index (χ4n) is 2.42. The van der Waals surface area contributed by atoms with Crippen molar-refractivity contribution in [3.05, 3.63) is 18.7 Å². The summed E-state index contributed by atoms with van der Waals surface area (Å²) in [6.07, 6.45) is 10.3. The largest absolute Gasteiger partial charge is 0.356 e. The number of imidazole rings is 1. The van der Waals surface area contributed by atoms with Gasteiger partial charge in [-0.2, -0.15) is 0 Å². The number of amides is 1. The number of nitrogens with one attached hydrogen (secondary N) is 1. The molecule has 0 bridgehead atoms. The van der Waals surface area contributed by atoms with Crippen molar-refractivity contribution in [1.82, 2.24) is 14.9 Å². The Kier molecular flexibility index (Phi) is 4.75. The highest BCUT2D eigenvalue weighted by Gasteiger charge is 2.23. The van der Waals surface area contributed by atoms with E-state index in [0.29, 0.717) is 6.04 Å². The molecule has 5 nitrogen and oxygen atoms in total. The third kappa shape index (κ3) is 3.84. The van der Waals surface area contributed by atoms with E-state index in [4.69, 9.17) is 5.73 Å². The van der Waals surface area contributed by atoms with Crippen LogP contribution in [0.3, 0.4) is 0 Å². The normalized spacial score (nSPS) is 23.8. The van der Waals surface area contributed by atoms with Crippen LogP contribution in [0.4, 0.5) is 0 Å². The van der Waals surface area contributed by atoms with Crippen LogP contribution in [0.25, 0.3) is 0 Å². The number of rotatable bonds is 5. The molecule has 18 heavy (non-hydrogen) atoms. The number of hydrogen-bond donors (Lipinski definition) is 2. The highest BCUT2D eigenvalue weighted by Crippen LogP contribution is 2.22. The maximum atomic E-state index is 11.9. The smallest absolute Gasteiger partial charge is 0.223 e. The Morgan fingerprint density at radius 3 is 2.83 bits per heavy atom. The summed E-state index contributed by atoms with van der Waals surface area (Å²) in [6, 6.07) is 0.301. The predicted octanol–water partition coefficient (Wildman–Crippen LogP) is 0.907. The summed E-state index contributed by atoms with van der Waals surface area (Å²) >= 11 is 0. The first-order valence-corrected chi connectivity index (χ1v) is 6.75. The van der Waals surface area contributed by atoms with E-state index in [1.807, 2.05) is 10.8 Å². The van der Waals surface area contributed by atoms with Gasteiger partial charge in [-0.05, 0) is 32.1 Å². The average Bonchev–Trinajstić information content (AvgIpc) is 2.88. The molecule has 1 aromatic heterocycles. The highest BCUT2D eigenvalue weighted by molar-refractivity contribution is 5.78. The van der Waals surface area contributed by atoms with Crippen LogP contribution in [0.5, 0.6) is 0 Å². The van der Waals surface area contributed by atoms with Crippen LogP contribution >= 0.6 is 0 Å². The Hall–Kier alpha value is -1.36. The molecule has 1 heterocycles. The van der Waals surface area contributed by atoms with E-state index in [1.54, 1.807) is 12.5 Å². The quantitative estimate of drug-likeness (QED) is 0.763. The molecule has 1 aliphatic carbocycles. The van der Waals surface area contributed by atoms with Gasteiger partial charge in [-0.15, -0.1) is 0 Å². The molecule has 1 aromatic rings. The van der Waals surface area contributed by atoms with E-state index in [2.05, 4.69) is 10.3 Å². The first-order chi connectivity index (χ1) is 8.75. The second kappa shape index (κ2) is 6.54. The Morgan fingerprint density at radius 2 is 2.17 bits per heavy atom. The van der Waals surface area contributed by atoms with Crippen LogP contribution in [0.15, 0.2) is 18.7 Å². The van der Waals surface area contributed by atoms with E-state index in [1.165, 1.54) is 0 Å². The minimum atomic E-state index is 0.179. The molecule has 0 atom stereocenters. The zero-order valence-electron chi connectivity index (χ0n) is 10.7. The Morgan fingerprint density at radius 1 is 1.39 bits per heavy atom. The maximum Gasteiger partial charge on any atom is 0.223 e. The summed E-state index contributed by atoms with van der Waals surface area (Å²) in [5, 5.41) is 3.02. The Labute approximate surface area is 108 Å². The molecule has 100 valence electrons. The SMILES string of the molecule is NC1CCC(C(=O)NCCCn2ccnc2)CC1. The van der Waals surface area contributed by atoms with Gasteiger partial charge in [0, 0.05) is 37.4 Å². The van der Waals surface area contributed by atoms with Gasteiger partial charge in [-0.1, -0.05) is 0 Å². The van der Waals surface area contributed by atoms with Crippen molar-refractivity contribution in [2.24, 2.45) is 11.7 Å². The zero-order chi connectivity index (χ0) is 12.8. The highest BCUT2D eigenvalue weighted by atomic mass is 16.1. The van der Waals surface area contributed by atoms with Gasteiger partial charge in [0.05, 0.1) is 6.33 Å². The van der Waals surface area contributed by atoms with Crippen molar-refractivity contribution >= 4 is 5.91 Å². The number of carbonyl (C=O) groups is 1.